The van der Waals surface area contributed by atoms with Crippen molar-refractivity contribution in [3.63, 3.8) is 0 Å². The molecule has 1 aromatic heterocycles. The van der Waals surface area contributed by atoms with Gasteiger partial charge in [-0.2, -0.15) is 0 Å². The molecule has 4 nitrogen and oxygen atoms in total. The molecule has 2 rings (SSSR count). The number of ether oxygens (including phenoxy) is 1. The van der Waals surface area contributed by atoms with Gasteiger partial charge in [0.05, 0.1) is 10.7 Å². The minimum atomic E-state index is -1.04. The van der Waals surface area contributed by atoms with Crippen molar-refractivity contribution in [2.75, 3.05) is 0 Å². The highest BCUT2D eigenvalue weighted by Gasteiger charge is 2.09. The molecule has 0 aliphatic rings. The van der Waals surface area contributed by atoms with E-state index in [-0.39, 0.29) is 0 Å². The number of aryl methyl sites for hydroxylation is 2. The van der Waals surface area contributed by atoms with Crippen LogP contribution < -0.4 is 4.74 Å². The average Bonchev–Trinajstić information content (AvgIpc) is 2.74. The third kappa shape index (κ3) is 4.06. The summed E-state index contributed by atoms with van der Waals surface area (Å²) in [7, 11) is 0. The summed E-state index contributed by atoms with van der Waals surface area (Å²) in [5.41, 5.74) is 1.54. The molecule has 1 heterocycles. The van der Waals surface area contributed by atoms with Crippen LogP contribution in [0.2, 0.25) is 5.02 Å². The standard InChI is InChI=1S/C15H14ClNO3S/c1-9-10(2)21-14(17-9)8-20-13-5-3-4-12(16)11(13)6-7-15(18)19/h3-7H,8H2,1-2H3,(H,18,19)/b7-6+. The zero-order valence-electron chi connectivity index (χ0n) is 11.6. The molecule has 0 saturated carbocycles. The number of aromatic nitrogens is 1. The van der Waals surface area contributed by atoms with Gasteiger partial charge in [-0.05, 0) is 32.1 Å². The largest absolute Gasteiger partial charge is 0.486 e. The Morgan fingerprint density at radius 1 is 1.48 bits per heavy atom. The monoisotopic (exact) mass is 323 g/mol. The van der Waals surface area contributed by atoms with Crippen LogP contribution in [0.4, 0.5) is 0 Å². The third-order valence-corrected chi connectivity index (χ3v) is 4.21. The van der Waals surface area contributed by atoms with E-state index in [1.165, 1.54) is 6.08 Å². The molecule has 0 aliphatic heterocycles. The summed E-state index contributed by atoms with van der Waals surface area (Å²) in [5.74, 6) is -0.502. The van der Waals surface area contributed by atoms with E-state index in [0.717, 1.165) is 21.7 Å². The molecule has 0 spiro atoms. The number of halogens is 1. The molecule has 6 heteroatoms. The van der Waals surface area contributed by atoms with E-state index in [1.54, 1.807) is 29.5 Å². The van der Waals surface area contributed by atoms with Gasteiger partial charge in [-0.1, -0.05) is 17.7 Å². The lowest BCUT2D eigenvalue weighted by atomic mass is 10.2. The van der Waals surface area contributed by atoms with Crippen molar-refractivity contribution in [3.05, 3.63) is 50.4 Å². The molecular weight excluding hydrogens is 310 g/mol. The zero-order chi connectivity index (χ0) is 15.4. The Hall–Kier alpha value is -1.85. The summed E-state index contributed by atoms with van der Waals surface area (Å²) in [6.07, 6.45) is 2.46. The van der Waals surface area contributed by atoms with Gasteiger partial charge in [0, 0.05) is 16.5 Å². The van der Waals surface area contributed by atoms with Gasteiger partial charge in [0.2, 0.25) is 0 Å². The number of hydrogen-bond acceptors (Lipinski definition) is 4. The predicted molar refractivity (Wildman–Crippen MR) is 84.0 cm³/mol. The minimum Gasteiger partial charge on any atom is -0.486 e. The first-order chi connectivity index (χ1) is 9.97. The lowest BCUT2D eigenvalue weighted by molar-refractivity contribution is -0.131. The van der Waals surface area contributed by atoms with E-state index in [9.17, 15) is 4.79 Å². The maximum atomic E-state index is 10.6. The highest BCUT2D eigenvalue weighted by molar-refractivity contribution is 7.11. The summed E-state index contributed by atoms with van der Waals surface area (Å²) in [6, 6.07) is 5.20. The fraction of sp³-hybridized carbons (Fsp3) is 0.200. The molecule has 2 aromatic rings. The van der Waals surface area contributed by atoms with Crippen molar-refractivity contribution >= 4 is 35.0 Å². The van der Waals surface area contributed by atoms with Crippen LogP contribution in [-0.4, -0.2) is 16.1 Å². The Bertz CT molecular complexity index is 675. The van der Waals surface area contributed by atoms with Crippen LogP contribution in [-0.2, 0) is 11.4 Å². The summed E-state index contributed by atoms with van der Waals surface area (Å²) < 4.78 is 5.72. The molecule has 0 atom stereocenters. The van der Waals surface area contributed by atoms with Gasteiger partial charge in [-0.25, -0.2) is 9.78 Å². The van der Waals surface area contributed by atoms with E-state index in [4.69, 9.17) is 21.4 Å². The highest BCUT2D eigenvalue weighted by atomic mass is 35.5. The van der Waals surface area contributed by atoms with Crippen LogP contribution in [0.25, 0.3) is 6.08 Å². The van der Waals surface area contributed by atoms with Gasteiger partial charge in [0.15, 0.2) is 0 Å². The van der Waals surface area contributed by atoms with Gasteiger partial charge >= 0.3 is 5.97 Å². The molecule has 1 aromatic carbocycles. The first-order valence-corrected chi connectivity index (χ1v) is 7.42. The van der Waals surface area contributed by atoms with Crippen molar-refractivity contribution in [2.45, 2.75) is 20.5 Å². The molecule has 0 fully saturated rings. The van der Waals surface area contributed by atoms with Crippen LogP contribution in [0.1, 0.15) is 21.1 Å². The van der Waals surface area contributed by atoms with Crippen molar-refractivity contribution in [2.24, 2.45) is 0 Å². The second-order valence-electron chi connectivity index (χ2n) is 4.36. The summed E-state index contributed by atoms with van der Waals surface area (Å²) in [6.45, 7) is 4.29. The Morgan fingerprint density at radius 3 is 2.86 bits per heavy atom. The van der Waals surface area contributed by atoms with Gasteiger partial charge in [-0.15, -0.1) is 11.3 Å². The zero-order valence-corrected chi connectivity index (χ0v) is 13.2. The SMILES string of the molecule is Cc1nc(COc2cccc(Cl)c2/C=C/C(=O)O)sc1C. The maximum Gasteiger partial charge on any atom is 0.328 e. The van der Waals surface area contributed by atoms with Gasteiger partial charge in [0.25, 0.3) is 0 Å². The fourth-order valence-corrected chi connectivity index (χ4v) is 2.78. The van der Waals surface area contributed by atoms with E-state index >= 15 is 0 Å². The summed E-state index contributed by atoms with van der Waals surface area (Å²) >= 11 is 7.67. The van der Waals surface area contributed by atoms with Crippen molar-refractivity contribution in [1.29, 1.82) is 0 Å². The Labute approximate surface area is 131 Å². The van der Waals surface area contributed by atoms with E-state index < -0.39 is 5.97 Å². The first kappa shape index (κ1) is 15.5. The normalized spacial score (nSPS) is 11.0. The smallest absolute Gasteiger partial charge is 0.328 e. The molecule has 0 saturated heterocycles. The highest BCUT2D eigenvalue weighted by Crippen LogP contribution is 2.29. The molecular formula is C15H14ClNO3S. The summed E-state index contributed by atoms with van der Waals surface area (Å²) in [4.78, 5) is 16.2. The number of nitrogens with zero attached hydrogens (tertiary/aromatic N) is 1. The van der Waals surface area contributed by atoms with Gasteiger partial charge < -0.3 is 9.84 Å². The Kier molecular flexibility index (Phi) is 4.98. The Morgan fingerprint density at radius 2 is 2.24 bits per heavy atom. The third-order valence-electron chi connectivity index (χ3n) is 2.83. The average molecular weight is 324 g/mol. The topological polar surface area (TPSA) is 59.4 Å². The molecule has 0 aliphatic carbocycles. The fourth-order valence-electron chi connectivity index (χ4n) is 1.70. The van der Waals surface area contributed by atoms with Crippen molar-refractivity contribution < 1.29 is 14.6 Å². The number of benzene rings is 1. The lowest BCUT2D eigenvalue weighted by Gasteiger charge is -2.09. The predicted octanol–water partition coefficient (Wildman–Crippen LogP) is 4.09. The lowest BCUT2D eigenvalue weighted by Crippen LogP contribution is -1.97. The molecule has 0 amide bonds. The minimum absolute atomic E-state index is 0.327. The van der Waals surface area contributed by atoms with Gasteiger partial charge in [-0.3, -0.25) is 0 Å². The van der Waals surface area contributed by atoms with Crippen LogP contribution in [0.15, 0.2) is 24.3 Å². The number of carboxylic acid groups (broad SMARTS) is 1. The second kappa shape index (κ2) is 6.74. The van der Waals surface area contributed by atoms with E-state index in [1.807, 2.05) is 13.8 Å². The van der Waals surface area contributed by atoms with E-state index in [2.05, 4.69) is 4.98 Å². The quantitative estimate of drug-likeness (QED) is 0.842. The van der Waals surface area contributed by atoms with Crippen molar-refractivity contribution in [1.82, 2.24) is 4.98 Å². The van der Waals surface area contributed by atoms with Crippen molar-refractivity contribution in [3.8, 4) is 5.75 Å². The molecule has 1 N–H and O–H groups in total. The second-order valence-corrected chi connectivity index (χ2v) is 6.06. The number of aliphatic carboxylic acids is 1. The maximum absolute atomic E-state index is 10.6. The van der Waals surface area contributed by atoms with Crippen LogP contribution in [0, 0.1) is 13.8 Å². The van der Waals surface area contributed by atoms with E-state index in [0.29, 0.717) is 22.9 Å². The first-order valence-electron chi connectivity index (χ1n) is 6.22. The molecule has 21 heavy (non-hydrogen) atoms. The molecule has 0 bridgehead atoms. The number of carboxylic acids is 1. The van der Waals surface area contributed by atoms with Gasteiger partial charge in [0.1, 0.15) is 17.4 Å². The number of thiazole rings is 1. The van der Waals surface area contributed by atoms with Crippen LogP contribution in [0.5, 0.6) is 5.75 Å². The molecule has 0 radical (unpaired) electrons. The molecule has 0 unspecified atom stereocenters. The number of hydrogen-bond donors (Lipinski definition) is 1. The number of carbonyl (C=O) groups is 1. The Balaban J connectivity index is 2.19. The van der Waals surface area contributed by atoms with Crippen LogP contribution in [0.3, 0.4) is 0 Å². The van der Waals surface area contributed by atoms with Crippen LogP contribution >= 0.6 is 22.9 Å². The molecule has 110 valence electrons. The summed E-state index contributed by atoms with van der Waals surface area (Å²) in [5, 5.41) is 10.0. The number of rotatable bonds is 5.